The third-order valence-corrected chi connectivity index (χ3v) is 5.37. The Labute approximate surface area is 131 Å². The minimum atomic E-state index is 0.0341. The summed E-state index contributed by atoms with van der Waals surface area (Å²) in [6, 6.07) is 10.2. The highest BCUT2D eigenvalue weighted by molar-refractivity contribution is 7.18. The molecule has 0 spiro atoms. The predicted octanol–water partition coefficient (Wildman–Crippen LogP) is 4.03. The van der Waals surface area contributed by atoms with Crippen molar-refractivity contribution >= 4 is 38.8 Å². The van der Waals surface area contributed by atoms with Crippen LogP contribution in [0.2, 0.25) is 0 Å². The molecule has 5 heteroatoms. The number of aryl methyl sites for hydroxylation is 2. The summed E-state index contributed by atoms with van der Waals surface area (Å²) in [5.74, 6) is 0.0341. The largest absolute Gasteiger partial charge is 0.351 e. The second-order valence-electron chi connectivity index (χ2n) is 4.87. The number of rotatable bonds is 5. The van der Waals surface area contributed by atoms with Crippen LogP contribution in [0.3, 0.4) is 0 Å². The Morgan fingerprint density at radius 1 is 1.29 bits per heavy atom. The number of nitrogens with one attached hydrogen (secondary N) is 1. The van der Waals surface area contributed by atoms with Crippen molar-refractivity contribution in [2.24, 2.45) is 0 Å². The van der Waals surface area contributed by atoms with Crippen molar-refractivity contribution in [3.05, 3.63) is 51.2 Å². The number of carbonyl (C=O) groups excluding carboxylic acids is 1. The summed E-state index contributed by atoms with van der Waals surface area (Å²) < 4.78 is 1.23. The lowest BCUT2D eigenvalue weighted by atomic mass is 10.2. The van der Waals surface area contributed by atoms with Gasteiger partial charge in [-0.15, -0.1) is 22.7 Å². The quantitative estimate of drug-likeness (QED) is 0.722. The van der Waals surface area contributed by atoms with Gasteiger partial charge in [-0.1, -0.05) is 12.1 Å². The molecule has 3 rings (SSSR count). The molecule has 0 atom stereocenters. The van der Waals surface area contributed by atoms with Gasteiger partial charge in [0.25, 0.3) is 5.91 Å². The van der Waals surface area contributed by atoms with Gasteiger partial charge in [0.2, 0.25) is 0 Å². The number of benzene rings is 1. The number of thiophene rings is 1. The smallest absolute Gasteiger partial charge is 0.261 e. The number of hydrogen-bond acceptors (Lipinski definition) is 4. The molecule has 0 aliphatic carbocycles. The Hall–Kier alpha value is -1.72. The Balaban J connectivity index is 1.50. The fourth-order valence-corrected chi connectivity index (χ4v) is 4.00. The summed E-state index contributed by atoms with van der Waals surface area (Å²) in [7, 11) is 0. The number of thiazole rings is 1. The van der Waals surface area contributed by atoms with Gasteiger partial charge < -0.3 is 5.32 Å². The van der Waals surface area contributed by atoms with E-state index in [0.717, 1.165) is 33.8 Å². The number of aromatic nitrogens is 1. The molecule has 0 aliphatic heterocycles. The summed E-state index contributed by atoms with van der Waals surface area (Å²) in [4.78, 5) is 17.4. The molecule has 3 aromatic rings. The molecule has 21 heavy (non-hydrogen) atoms. The van der Waals surface area contributed by atoms with Crippen molar-refractivity contribution in [3.63, 3.8) is 0 Å². The summed E-state index contributed by atoms with van der Waals surface area (Å²) in [5, 5.41) is 6.06. The molecule has 1 amide bonds. The molecule has 2 aromatic heterocycles. The molecule has 2 heterocycles. The molecule has 0 fully saturated rings. The van der Waals surface area contributed by atoms with Gasteiger partial charge in [-0.2, -0.15) is 0 Å². The second-order valence-corrected chi connectivity index (χ2v) is 6.90. The van der Waals surface area contributed by atoms with E-state index in [1.807, 2.05) is 36.6 Å². The van der Waals surface area contributed by atoms with Crippen LogP contribution in [0.4, 0.5) is 0 Å². The van der Waals surface area contributed by atoms with Crippen molar-refractivity contribution in [3.8, 4) is 0 Å². The number of hydrogen-bond donors (Lipinski definition) is 1. The van der Waals surface area contributed by atoms with Crippen molar-refractivity contribution in [1.29, 1.82) is 0 Å². The average Bonchev–Trinajstić information content (AvgIpc) is 3.08. The van der Waals surface area contributed by atoms with Crippen LogP contribution in [0.1, 0.15) is 26.7 Å². The van der Waals surface area contributed by atoms with Crippen molar-refractivity contribution in [2.75, 3.05) is 6.54 Å². The monoisotopic (exact) mass is 316 g/mol. The van der Waals surface area contributed by atoms with Crippen LogP contribution < -0.4 is 5.32 Å². The van der Waals surface area contributed by atoms with Crippen LogP contribution >= 0.6 is 22.7 Å². The molecular formula is C16H16N2OS2. The summed E-state index contributed by atoms with van der Waals surface area (Å²) in [6.45, 7) is 2.65. The van der Waals surface area contributed by atoms with E-state index in [4.69, 9.17) is 0 Å². The van der Waals surface area contributed by atoms with E-state index in [1.165, 1.54) is 16.0 Å². The maximum absolute atomic E-state index is 12.0. The first-order valence-corrected chi connectivity index (χ1v) is 8.60. The first-order valence-electron chi connectivity index (χ1n) is 6.91. The fourth-order valence-electron chi connectivity index (χ4n) is 2.15. The second kappa shape index (κ2) is 6.37. The molecule has 0 aliphatic rings. The van der Waals surface area contributed by atoms with Crippen molar-refractivity contribution < 1.29 is 4.79 Å². The van der Waals surface area contributed by atoms with Crippen molar-refractivity contribution in [2.45, 2.75) is 19.8 Å². The van der Waals surface area contributed by atoms with E-state index in [1.54, 1.807) is 11.3 Å². The lowest BCUT2D eigenvalue weighted by Gasteiger charge is -2.03. The Bertz CT molecular complexity index is 727. The van der Waals surface area contributed by atoms with E-state index in [-0.39, 0.29) is 5.91 Å². The fraction of sp³-hybridized carbons (Fsp3) is 0.250. The van der Waals surface area contributed by atoms with Crippen molar-refractivity contribution in [1.82, 2.24) is 10.3 Å². The maximum atomic E-state index is 12.0. The van der Waals surface area contributed by atoms with E-state index in [2.05, 4.69) is 16.4 Å². The van der Waals surface area contributed by atoms with Gasteiger partial charge in [0, 0.05) is 13.0 Å². The molecule has 1 N–H and O–H groups in total. The average molecular weight is 316 g/mol. The third-order valence-electron chi connectivity index (χ3n) is 3.26. The third kappa shape index (κ3) is 3.31. The number of nitrogens with zero attached hydrogens (tertiary/aromatic N) is 1. The highest BCUT2D eigenvalue weighted by Gasteiger charge is 2.09. The summed E-state index contributed by atoms with van der Waals surface area (Å²) in [5.41, 5.74) is 2.11. The van der Waals surface area contributed by atoms with E-state index >= 15 is 0 Å². The minimum Gasteiger partial charge on any atom is -0.351 e. The summed E-state index contributed by atoms with van der Waals surface area (Å²) >= 11 is 3.23. The molecule has 0 saturated carbocycles. The Morgan fingerprint density at radius 3 is 2.90 bits per heavy atom. The van der Waals surface area contributed by atoms with Crippen LogP contribution in [0.25, 0.3) is 10.2 Å². The molecule has 0 radical (unpaired) electrons. The SMILES string of the molecule is Cc1ccsc1C(=O)NCCCc1nc2ccccc2s1. The zero-order chi connectivity index (χ0) is 14.7. The molecule has 0 bridgehead atoms. The topological polar surface area (TPSA) is 42.0 Å². The molecule has 3 nitrogen and oxygen atoms in total. The maximum Gasteiger partial charge on any atom is 0.261 e. The van der Waals surface area contributed by atoms with Gasteiger partial charge in [-0.3, -0.25) is 4.79 Å². The normalized spacial score (nSPS) is 10.9. The predicted molar refractivity (Wildman–Crippen MR) is 89.3 cm³/mol. The lowest BCUT2D eigenvalue weighted by molar-refractivity contribution is 0.0956. The minimum absolute atomic E-state index is 0.0341. The first-order chi connectivity index (χ1) is 10.2. The van der Waals surface area contributed by atoms with Crippen LogP contribution in [-0.2, 0) is 6.42 Å². The van der Waals surface area contributed by atoms with E-state index < -0.39 is 0 Å². The van der Waals surface area contributed by atoms with Gasteiger partial charge in [0.15, 0.2) is 0 Å². The Morgan fingerprint density at radius 2 is 2.14 bits per heavy atom. The summed E-state index contributed by atoms with van der Waals surface area (Å²) in [6.07, 6.45) is 1.82. The number of carbonyl (C=O) groups is 1. The highest BCUT2D eigenvalue weighted by Crippen LogP contribution is 2.22. The van der Waals surface area contributed by atoms with Gasteiger partial charge in [-0.05, 0) is 42.5 Å². The molecular weight excluding hydrogens is 300 g/mol. The van der Waals surface area contributed by atoms with Gasteiger partial charge >= 0.3 is 0 Å². The van der Waals surface area contributed by atoms with E-state index in [9.17, 15) is 4.79 Å². The molecule has 1 aromatic carbocycles. The van der Waals surface area contributed by atoms with Gasteiger partial charge in [-0.25, -0.2) is 4.98 Å². The van der Waals surface area contributed by atoms with Crippen LogP contribution in [0, 0.1) is 6.92 Å². The Kier molecular flexibility index (Phi) is 4.31. The number of fused-ring (bicyclic) bond motifs is 1. The van der Waals surface area contributed by atoms with Crippen LogP contribution in [-0.4, -0.2) is 17.4 Å². The van der Waals surface area contributed by atoms with Crippen LogP contribution in [0.5, 0.6) is 0 Å². The zero-order valence-corrected chi connectivity index (χ0v) is 13.4. The van der Waals surface area contributed by atoms with Gasteiger partial charge in [0.05, 0.1) is 20.1 Å². The molecule has 0 unspecified atom stereocenters. The number of para-hydroxylation sites is 1. The number of amides is 1. The zero-order valence-electron chi connectivity index (χ0n) is 11.8. The van der Waals surface area contributed by atoms with Gasteiger partial charge in [0.1, 0.15) is 0 Å². The standard InChI is InChI=1S/C16H16N2OS2/c1-11-8-10-20-15(11)16(19)17-9-4-7-14-18-12-5-2-3-6-13(12)21-14/h2-3,5-6,8,10H,4,7,9H2,1H3,(H,17,19). The molecule has 108 valence electrons. The highest BCUT2D eigenvalue weighted by atomic mass is 32.1. The van der Waals surface area contributed by atoms with E-state index in [0.29, 0.717) is 6.54 Å². The lowest BCUT2D eigenvalue weighted by Crippen LogP contribution is -2.24. The molecule has 0 saturated heterocycles. The first kappa shape index (κ1) is 14.2. The van der Waals surface area contributed by atoms with Crippen LogP contribution in [0.15, 0.2) is 35.7 Å².